The first-order chi connectivity index (χ1) is 16.1. The van der Waals surface area contributed by atoms with Gasteiger partial charge in [0.05, 0.1) is 5.69 Å². The lowest BCUT2D eigenvalue weighted by Gasteiger charge is -2.17. The maximum absolute atomic E-state index is 14.6. The molecular weight excluding hydrogens is 420 g/mol. The monoisotopic (exact) mass is 445 g/mol. The zero-order chi connectivity index (χ0) is 22.8. The fraction of sp³-hybridized carbons (Fsp3) is 0.259. The highest BCUT2D eigenvalue weighted by Gasteiger charge is 2.16. The van der Waals surface area contributed by atoms with Crippen LogP contribution in [0.5, 0.6) is 5.75 Å². The minimum atomic E-state index is -0.482. The van der Waals surface area contributed by atoms with Crippen LogP contribution in [0.25, 0.3) is 33.3 Å². The van der Waals surface area contributed by atoms with Crippen molar-refractivity contribution < 1.29 is 13.5 Å². The number of halogens is 2. The molecule has 2 aromatic heterocycles. The number of aromatic nitrogens is 2. The van der Waals surface area contributed by atoms with Gasteiger partial charge in [-0.3, -0.25) is 9.88 Å². The standard InChI is InChI=1S/C27H25F2N3O/c1-18-13-25(19-5-4-8-30-17-19)31-27-22(18)14-20(23-16-21(28)6-7-24(23)29)15-26(27)33-12-11-32-9-2-3-10-32/h4-8,13-17H,2-3,9-12H2,1H3. The van der Waals surface area contributed by atoms with Gasteiger partial charge in [-0.15, -0.1) is 0 Å². The zero-order valence-corrected chi connectivity index (χ0v) is 18.5. The number of fused-ring (bicyclic) bond motifs is 1. The number of hydrogen-bond donors (Lipinski definition) is 0. The van der Waals surface area contributed by atoms with E-state index >= 15 is 0 Å². The van der Waals surface area contributed by atoms with Crippen LogP contribution in [0.2, 0.25) is 0 Å². The van der Waals surface area contributed by atoms with Crippen LogP contribution < -0.4 is 4.74 Å². The van der Waals surface area contributed by atoms with Crippen molar-refractivity contribution in [1.29, 1.82) is 0 Å². The Balaban J connectivity index is 1.61. The van der Waals surface area contributed by atoms with Gasteiger partial charge in [0.15, 0.2) is 0 Å². The Kier molecular flexibility index (Phi) is 6.01. The molecule has 4 aromatic rings. The summed E-state index contributed by atoms with van der Waals surface area (Å²) < 4.78 is 34.7. The summed E-state index contributed by atoms with van der Waals surface area (Å²) in [5.74, 6) is -0.389. The van der Waals surface area contributed by atoms with Gasteiger partial charge < -0.3 is 4.74 Å². The number of nitrogens with zero attached hydrogens (tertiary/aromatic N) is 3. The molecule has 0 spiro atoms. The lowest BCUT2D eigenvalue weighted by atomic mass is 9.98. The topological polar surface area (TPSA) is 38.3 Å². The van der Waals surface area contributed by atoms with E-state index in [4.69, 9.17) is 9.72 Å². The predicted octanol–water partition coefficient (Wildman–Crippen LogP) is 6.03. The molecule has 0 N–H and O–H groups in total. The number of aryl methyl sites for hydroxylation is 1. The largest absolute Gasteiger partial charge is 0.490 e. The molecule has 2 aromatic carbocycles. The molecule has 3 heterocycles. The Morgan fingerprint density at radius 3 is 2.64 bits per heavy atom. The fourth-order valence-electron chi connectivity index (χ4n) is 4.40. The molecular formula is C27H25F2N3O. The lowest BCUT2D eigenvalue weighted by molar-refractivity contribution is 0.239. The summed E-state index contributed by atoms with van der Waals surface area (Å²) in [6, 6.07) is 12.9. The molecule has 1 fully saturated rings. The second-order valence-electron chi connectivity index (χ2n) is 8.46. The first-order valence-corrected chi connectivity index (χ1v) is 11.2. The smallest absolute Gasteiger partial charge is 0.146 e. The highest BCUT2D eigenvalue weighted by atomic mass is 19.1. The summed E-state index contributed by atoms with van der Waals surface area (Å²) in [4.78, 5) is 11.5. The van der Waals surface area contributed by atoms with E-state index in [1.54, 1.807) is 18.5 Å². The first kappa shape index (κ1) is 21.5. The number of hydrogen-bond acceptors (Lipinski definition) is 4. The molecule has 1 aliphatic rings. The van der Waals surface area contributed by atoms with Gasteiger partial charge >= 0.3 is 0 Å². The first-order valence-electron chi connectivity index (χ1n) is 11.2. The Morgan fingerprint density at radius 2 is 1.85 bits per heavy atom. The highest BCUT2D eigenvalue weighted by Crippen LogP contribution is 2.36. The van der Waals surface area contributed by atoms with E-state index in [0.717, 1.165) is 54.0 Å². The van der Waals surface area contributed by atoms with Crippen LogP contribution in [0.1, 0.15) is 18.4 Å². The van der Waals surface area contributed by atoms with Gasteiger partial charge in [-0.05, 0) is 92.5 Å². The van der Waals surface area contributed by atoms with Crippen molar-refractivity contribution in [1.82, 2.24) is 14.9 Å². The van der Waals surface area contributed by atoms with Gasteiger partial charge in [-0.25, -0.2) is 13.8 Å². The molecule has 0 aliphatic carbocycles. The molecule has 1 aliphatic heterocycles. The van der Waals surface area contributed by atoms with Crippen LogP contribution >= 0.6 is 0 Å². The second-order valence-corrected chi connectivity index (χ2v) is 8.46. The molecule has 0 bridgehead atoms. The van der Waals surface area contributed by atoms with E-state index < -0.39 is 11.6 Å². The third kappa shape index (κ3) is 4.57. The molecule has 6 heteroatoms. The molecule has 1 saturated heterocycles. The van der Waals surface area contributed by atoms with Crippen LogP contribution in [0, 0.1) is 18.6 Å². The van der Waals surface area contributed by atoms with Gasteiger partial charge in [0.25, 0.3) is 0 Å². The Hall–Kier alpha value is -3.38. The van der Waals surface area contributed by atoms with E-state index in [2.05, 4.69) is 9.88 Å². The Bertz CT molecular complexity index is 1290. The van der Waals surface area contributed by atoms with E-state index in [-0.39, 0.29) is 5.56 Å². The normalized spacial score (nSPS) is 14.2. The summed E-state index contributed by atoms with van der Waals surface area (Å²) >= 11 is 0. The van der Waals surface area contributed by atoms with E-state index in [9.17, 15) is 8.78 Å². The maximum Gasteiger partial charge on any atom is 0.146 e. The van der Waals surface area contributed by atoms with Crippen molar-refractivity contribution in [2.45, 2.75) is 19.8 Å². The van der Waals surface area contributed by atoms with Crippen molar-refractivity contribution in [2.75, 3.05) is 26.2 Å². The molecule has 168 valence electrons. The summed E-state index contributed by atoms with van der Waals surface area (Å²) in [6.45, 7) is 5.48. The fourth-order valence-corrected chi connectivity index (χ4v) is 4.40. The quantitative estimate of drug-likeness (QED) is 0.364. The minimum Gasteiger partial charge on any atom is -0.490 e. The van der Waals surface area contributed by atoms with Gasteiger partial charge in [-0.1, -0.05) is 0 Å². The van der Waals surface area contributed by atoms with E-state index in [1.807, 2.05) is 31.2 Å². The van der Waals surface area contributed by atoms with E-state index in [1.165, 1.54) is 18.9 Å². The molecule has 33 heavy (non-hydrogen) atoms. The van der Waals surface area contributed by atoms with Crippen molar-refractivity contribution in [2.24, 2.45) is 0 Å². The summed E-state index contributed by atoms with van der Waals surface area (Å²) in [7, 11) is 0. The van der Waals surface area contributed by atoms with Crippen LogP contribution in [-0.4, -0.2) is 41.1 Å². The van der Waals surface area contributed by atoms with Gasteiger partial charge in [0.1, 0.15) is 29.5 Å². The van der Waals surface area contributed by atoms with Crippen molar-refractivity contribution in [3.8, 4) is 28.1 Å². The van der Waals surface area contributed by atoms with Crippen LogP contribution in [0.3, 0.4) is 0 Å². The molecule has 4 nitrogen and oxygen atoms in total. The molecule has 0 atom stereocenters. The number of pyridine rings is 2. The average Bonchev–Trinajstić information content (AvgIpc) is 3.35. The molecule has 5 rings (SSSR count). The zero-order valence-electron chi connectivity index (χ0n) is 18.5. The Morgan fingerprint density at radius 1 is 1.00 bits per heavy atom. The third-order valence-electron chi connectivity index (χ3n) is 6.15. The second kappa shape index (κ2) is 9.24. The SMILES string of the molecule is Cc1cc(-c2cccnc2)nc2c(OCCN3CCCC3)cc(-c3cc(F)ccc3F)cc12. The summed E-state index contributed by atoms with van der Waals surface area (Å²) in [6.07, 6.45) is 5.93. The number of ether oxygens (including phenoxy) is 1. The molecule has 0 saturated carbocycles. The highest BCUT2D eigenvalue weighted by molar-refractivity contribution is 5.93. The molecule has 0 unspecified atom stereocenters. The minimum absolute atomic E-state index is 0.206. The van der Waals surface area contributed by atoms with Crippen LogP contribution in [0.4, 0.5) is 8.78 Å². The van der Waals surface area contributed by atoms with Crippen molar-refractivity contribution in [3.63, 3.8) is 0 Å². The maximum atomic E-state index is 14.6. The predicted molar refractivity (Wildman–Crippen MR) is 126 cm³/mol. The molecule has 0 amide bonds. The van der Waals surface area contributed by atoms with Crippen molar-refractivity contribution >= 4 is 10.9 Å². The van der Waals surface area contributed by atoms with Crippen LogP contribution in [0.15, 0.2) is 60.9 Å². The third-order valence-corrected chi connectivity index (χ3v) is 6.15. The van der Waals surface area contributed by atoms with E-state index in [0.29, 0.717) is 23.4 Å². The number of rotatable bonds is 6. The van der Waals surface area contributed by atoms with Gasteiger partial charge in [0.2, 0.25) is 0 Å². The van der Waals surface area contributed by atoms with Crippen molar-refractivity contribution in [3.05, 3.63) is 78.1 Å². The Labute approximate surface area is 191 Å². The summed E-state index contributed by atoms with van der Waals surface area (Å²) in [5, 5.41) is 0.847. The van der Waals surface area contributed by atoms with Gasteiger partial charge in [0, 0.05) is 35.5 Å². The number of benzene rings is 2. The average molecular weight is 446 g/mol. The number of likely N-dealkylation sites (tertiary alicyclic amines) is 1. The van der Waals surface area contributed by atoms with Crippen LogP contribution in [-0.2, 0) is 0 Å². The van der Waals surface area contributed by atoms with Gasteiger partial charge in [-0.2, -0.15) is 0 Å². The summed E-state index contributed by atoms with van der Waals surface area (Å²) in [5.41, 5.74) is 4.15. The lowest BCUT2D eigenvalue weighted by Crippen LogP contribution is -2.25. The molecule has 0 radical (unpaired) electrons.